The number of benzene rings is 1. The van der Waals surface area contributed by atoms with Crippen LogP contribution in [0.4, 0.5) is 0 Å². The van der Waals surface area contributed by atoms with Crippen LogP contribution in [0.3, 0.4) is 0 Å². The zero-order chi connectivity index (χ0) is 17.6. The first-order chi connectivity index (χ1) is 11.4. The second-order valence-corrected chi connectivity index (χ2v) is 8.65. The van der Waals surface area contributed by atoms with Crippen LogP contribution in [-0.4, -0.2) is 41.8 Å². The van der Waals surface area contributed by atoms with Gasteiger partial charge in [-0.15, -0.1) is 12.4 Å². The smallest absolute Gasteiger partial charge is 0.240 e. The van der Waals surface area contributed by atoms with E-state index >= 15 is 0 Å². The molecule has 1 aliphatic heterocycles. The summed E-state index contributed by atoms with van der Waals surface area (Å²) >= 11 is 0. The van der Waals surface area contributed by atoms with Gasteiger partial charge in [0.05, 0.1) is 11.5 Å². The Labute approximate surface area is 158 Å². The molecule has 1 saturated heterocycles. The Kier molecular flexibility index (Phi) is 8.84. The van der Waals surface area contributed by atoms with Gasteiger partial charge in [-0.1, -0.05) is 26.0 Å². The molecule has 1 aromatic carbocycles. The van der Waals surface area contributed by atoms with E-state index in [9.17, 15) is 8.42 Å². The zero-order valence-corrected chi connectivity index (χ0v) is 17.0. The maximum atomic E-state index is 12.6. The van der Waals surface area contributed by atoms with Crippen LogP contribution in [0.2, 0.25) is 0 Å². The summed E-state index contributed by atoms with van der Waals surface area (Å²) < 4.78 is 33.4. The molecule has 0 saturated carbocycles. The number of hydrogen-bond donors (Lipinski definition) is 2. The molecule has 2 rings (SSSR count). The Morgan fingerprint density at radius 1 is 1.24 bits per heavy atom. The minimum absolute atomic E-state index is 0. The van der Waals surface area contributed by atoms with Gasteiger partial charge in [-0.3, -0.25) is 0 Å². The molecule has 5 nitrogen and oxygen atoms in total. The molecular formula is C18H31ClN2O3S. The van der Waals surface area contributed by atoms with E-state index in [4.69, 9.17) is 4.74 Å². The fourth-order valence-electron chi connectivity index (χ4n) is 3.18. The monoisotopic (exact) mass is 390 g/mol. The highest BCUT2D eigenvalue weighted by molar-refractivity contribution is 7.89. The summed E-state index contributed by atoms with van der Waals surface area (Å²) in [6.45, 7) is 7.06. The molecule has 0 bridgehead atoms. The highest BCUT2D eigenvalue weighted by Crippen LogP contribution is 2.29. The molecule has 0 amide bonds. The summed E-state index contributed by atoms with van der Waals surface area (Å²) in [6, 6.07) is 7.24. The van der Waals surface area contributed by atoms with Gasteiger partial charge in [0.25, 0.3) is 0 Å². The van der Waals surface area contributed by atoms with E-state index in [1.807, 2.05) is 12.1 Å². The third kappa shape index (κ3) is 5.93. The Bertz CT molecular complexity index is 608. The Morgan fingerprint density at radius 2 is 1.84 bits per heavy atom. The summed E-state index contributed by atoms with van der Waals surface area (Å²) in [5, 5.41) is 3.32. The van der Waals surface area contributed by atoms with E-state index < -0.39 is 10.0 Å². The maximum absolute atomic E-state index is 12.6. The number of halogens is 1. The lowest BCUT2D eigenvalue weighted by molar-refractivity contribution is 0.0577. The molecule has 0 aromatic heterocycles. The predicted molar refractivity (Wildman–Crippen MR) is 104 cm³/mol. The number of methoxy groups -OCH3 is 1. The van der Waals surface area contributed by atoms with Gasteiger partial charge in [-0.05, 0) is 56.0 Å². The third-order valence-corrected chi connectivity index (χ3v) is 6.54. The second kappa shape index (κ2) is 9.88. The van der Waals surface area contributed by atoms with E-state index in [2.05, 4.69) is 23.9 Å². The van der Waals surface area contributed by atoms with Crippen LogP contribution in [0.15, 0.2) is 29.2 Å². The molecule has 1 heterocycles. The Balaban J connectivity index is 0.00000312. The first-order valence-corrected chi connectivity index (χ1v) is 10.2. The van der Waals surface area contributed by atoms with E-state index in [1.54, 1.807) is 19.2 Å². The molecule has 1 atom stereocenters. The molecule has 7 heteroatoms. The summed E-state index contributed by atoms with van der Waals surface area (Å²) in [7, 11) is -1.82. The first kappa shape index (κ1) is 22.4. The highest BCUT2D eigenvalue weighted by Gasteiger charge is 2.33. The van der Waals surface area contributed by atoms with Crippen LogP contribution in [0, 0.1) is 5.41 Å². The fraction of sp³-hybridized carbons (Fsp3) is 0.667. The van der Waals surface area contributed by atoms with Crippen LogP contribution in [-0.2, 0) is 14.8 Å². The van der Waals surface area contributed by atoms with E-state index in [0.717, 1.165) is 32.4 Å². The number of rotatable bonds is 8. The van der Waals surface area contributed by atoms with Crippen LogP contribution >= 0.6 is 12.4 Å². The van der Waals surface area contributed by atoms with Gasteiger partial charge < -0.3 is 10.1 Å². The quantitative estimate of drug-likeness (QED) is 0.716. The van der Waals surface area contributed by atoms with Gasteiger partial charge in [-0.2, -0.15) is 0 Å². The summed E-state index contributed by atoms with van der Waals surface area (Å²) in [4.78, 5) is 0.330. The molecule has 25 heavy (non-hydrogen) atoms. The van der Waals surface area contributed by atoms with Crippen LogP contribution in [0.25, 0.3) is 0 Å². The second-order valence-electron chi connectivity index (χ2n) is 6.89. The molecule has 0 radical (unpaired) electrons. The largest absolute Gasteiger partial charge is 0.384 e. The lowest BCUT2D eigenvalue weighted by Gasteiger charge is -2.37. The van der Waals surface area contributed by atoms with Gasteiger partial charge >= 0.3 is 0 Å². The van der Waals surface area contributed by atoms with Crippen molar-refractivity contribution in [2.75, 3.05) is 33.4 Å². The number of sulfonamides is 1. The van der Waals surface area contributed by atoms with Gasteiger partial charge in [0.2, 0.25) is 10.0 Å². The van der Waals surface area contributed by atoms with Gasteiger partial charge in [0, 0.05) is 19.1 Å². The Hall–Kier alpha value is -0.660. The average Bonchev–Trinajstić information content (AvgIpc) is 2.61. The molecule has 1 aliphatic rings. The van der Waals surface area contributed by atoms with E-state index in [1.165, 1.54) is 5.56 Å². The first-order valence-electron chi connectivity index (χ1n) is 8.72. The molecule has 144 valence electrons. The molecule has 1 aromatic rings. The van der Waals surface area contributed by atoms with E-state index in [-0.39, 0.29) is 17.8 Å². The van der Waals surface area contributed by atoms with Gasteiger partial charge in [0.15, 0.2) is 0 Å². The molecule has 2 N–H and O–H groups in total. The number of hydrogen-bond acceptors (Lipinski definition) is 4. The molecule has 1 fully saturated rings. The maximum Gasteiger partial charge on any atom is 0.240 e. The topological polar surface area (TPSA) is 67.4 Å². The molecular weight excluding hydrogens is 360 g/mol. The van der Waals surface area contributed by atoms with Crippen molar-refractivity contribution in [3.8, 4) is 0 Å². The lowest BCUT2D eigenvalue weighted by Crippen LogP contribution is -2.47. The minimum atomic E-state index is -3.49. The van der Waals surface area contributed by atoms with Crippen molar-refractivity contribution in [3.05, 3.63) is 29.8 Å². The van der Waals surface area contributed by atoms with E-state index in [0.29, 0.717) is 24.0 Å². The Morgan fingerprint density at radius 3 is 2.36 bits per heavy atom. The normalized spacial score (nSPS) is 18.4. The number of nitrogens with one attached hydrogen (secondary N) is 2. The van der Waals surface area contributed by atoms with Crippen LogP contribution < -0.4 is 10.0 Å². The summed E-state index contributed by atoms with van der Waals surface area (Å²) in [5.74, 6) is 0.439. The summed E-state index contributed by atoms with van der Waals surface area (Å²) in [6.07, 6.45) is 2.87. The molecule has 0 aliphatic carbocycles. The van der Waals surface area contributed by atoms with Crippen molar-refractivity contribution < 1.29 is 13.2 Å². The van der Waals surface area contributed by atoms with Crippen molar-refractivity contribution in [1.82, 2.24) is 10.0 Å². The van der Waals surface area contributed by atoms with Crippen molar-refractivity contribution in [3.63, 3.8) is 0 Å². The van der Waals surface area contributed by atoms with Crippen LogP contribution in [0.5, 0.6) is 0 Å². The SMILES string of the molecule is CCC(C)c1ccc(S(=O)(=O)NCC2(COC)CCNCC2)cc1.Cl. The summed E-state index contributed by atoms with van der Waals surface area (Å²) in [5.41, 5.74) is 1.05. The number of ether oxygens (including phenoxy) is 1. The fourth-order valence-corrected chi connectivity index (χ4v) is 4.34. The van der Waals surface area contributed by atoms with Gasteiger partial charge in [-0.25, -0.2) is 13.1 Å². The highest BCUT2D eigenvalue weighted by atomic mass is 35.5. The molecule has 1 unspecified atom stereocenters. The average molecular weight is 391 g/mol. The zero-order valence-electron chi connectivity index (χ0n) is 15.4. The molecule has 0 spiro atoms. The standard InChI is InChI=1S/C18H30N2O3S.ClH/c1-4-15(2)16-5-7-17(8-6-16)24(21,22)20-13-18(14-23-3)9-11-19-12-10-18;/h5-8,15,19-20H,4,9-14H2,1-3H3;1H. The van der Waals surface area contributed by atoms with Crippen molar-refractivity contribution in [1.29, 1.82) is 0 Å². The van der Waals surface area contributed by atoms with Crippen molar-refractivity contribution in [2.45, 2.75) is 43.9 Å². The van der Waals surface area contributed by atoms with Crippen LogP contribution in [0.1, 0.15) is 44.6 Å². The van der Waals surface area contributed by atoms with Crippen molar-refractivity contribution in [2.24, 2.45) is 5.41 Å². The van der Waals surface area contributed by atoms with Gasteiger partial charge in [0.1, 0.15) is 0 Å². The third-order valence-electron chi connectivity index (χ3n) is 5.12. The minimum Gasteiger partial charge on any atom is -0.384 e. The van der Waals surface area contributed by atoms with Crippen molar-refractivity contribution >= 4 is 22.4 Å². The predicted octanol–water partition coefficient (Wildman–Crippen LogP) is 2.92. The lowest BCUT2D eigenvalue weighted by atomic mass is 9.80. The number of piperidine rings is 1.